The van der Waals surface area contributed by atoms with Crippen LogP contribution in [0.2, 0.25) is 0 Å². The molecule has 0 atom stereocenters. The summed E-state index contributed by atoms with van der Waals surface area (Å²) in [5, 5.41) is 0. The van der Waals surface area contributed by atoms with Crippen LogP contribution in [0.5, 0.6) is 0 Å². The maximum atomic E-state index is 11.6. The number of nitrogens with one attached hydrogen (secondary N) is 2. The highest BCUT2D eigenvalue weighted by molar-refractivity contribution is 7.87. The van der Waals surface area contributed by atoms with Crippen LogP contribution in [0.3, 0.4) is 0 Å². The lowest BCUT2D eigenvalue weighted by Crippen LogP contribution is -2.36. The van der Waals surface area contributed by atoms with Gasteiger partial charge >= 0.3 is 0 Å². The number of hydrogen-bond donors (Lipinski definition) is 2. The molecule has 0 fully saturated rings. The third-order valence-corrected chi connectivity index (χ3v) is 4.94. The lowest BCUT2D eigenvalue weighted by molar-refractivity contribution is 0.566. The molecule has 108 valence electrons. The summed E-state index contributed by atoms with van der Waals surface area (Å²) in [6.07, 6.45) is 0.776. The van der Waals surface area contributed by atoms with Gasteiger partial charge in [0.2, 0.25) is 0 Å². The third-order valence-electron chi connectivity index (χ3n) is 2.70. The highest BCUT2D eigenvalue weighted by Gasteiger charge is 2.09. The van der Waals surface area contributed by atoms with Gasteiger partial charge in [-0.1, -0.05) is 37.3 Å². The zero-order valence-corrected chi connectivity index (χ0v) is 12.9. The Morgan fingerprint density at radius 2 is 1.80 bits per heavy atom. The first-order chi connectivity index (χ1) is 9.61. The summed E-state index contributed by atoms with van der Waals surface area (Å²) < 4.78 is 28.3. The monoisotopic (exact) mass is 310 g/mol. The summed E-state index contributed by atoms with van der Waals surface area (Å²) in [6, 6.07) is 14.0. The van der Waals surface area contributed by atoms with Crippen molar-refractivity contribution in [3.63, 3.8) is 0 Å². The smallest absolute Gasteiger partial charge is 0.202 e. The molecule has 0 aliphatic carbocycles. The van der Waals surface area contributed by atoms with Crippen molar-refractivity contribution in [1.82, 2.24) is 9.44 Å². The molecule has 0 saturated carbocycles. The number of thiophene rings is 1. The summed E-state index contributed by atoms with van der Waals surface area (Å²) in [5.74, 6) is 0. The molecule has 0 radical (unpaired) electrons. The molecule has 4 nitrogen and oxygen atoms in total. The summed E-state index contributed by atoms with van der Waals surface area (Å²) in [4.78, 5) is 2.13. The van der Waals surface area contributed by atoms with Crippen LogP contribution in [0.25, 0.3) is 10.4 Å². The molecule has 0 bridgehead atoms. The average molecular weight is 310 g/mol. The van der Waals surface area contributed by atoms with Gasteiger partial charge in [-0.15, -0.1) is 11.3 Å². The second kappa shape index (κ2) is 6.99. The van der Waals surface area contributed by atoms with E-state index in [0.717, 1.165) is 21.7 Å². The molecule has 0 aliphatic heterocycles. The Hall–Kier alpha value is -1.21. The second-order valence-corrected chi connectivity index (χ2v) is 7.10. The SMILES string of the molecule is CCCNS(=O)(=O)NCc1ccc(-c2ccccc2)s1. The first-order valence-corrected chi connectivity index (χ1v) is 8.79. The molecule has 2 rings (SSSR count). The average Bonchev–Trinajstić information content (AvgIpc) is 2.93. The molecule has 0 amide bonds. The van der Waals surface area contributed by atoms with Gasteiger partial charge in [0.25, 0.3) is 10.2 Å². The van der Waals surface area contributed by atoms with Gasteiger partial charge < -0.3 is 0 Å². The molecule has 0 saturated heterocycles. The third kappa shape index (κ3) is 4.42. The Bertz CT molecular complexity index is 636. The molecule has 2 aromatic rings. The van der Waals surface area contributed by atoms with Crippen LogP contribution in [-0.4, -0.2) is 15.0 Å². The summed E-state index contributed by atoms with van der Waals surface area (Å²) in [5.41, 5.74) is 1.15. The van der Waals surface area contributed by atoms with Crippen LogP contribution in [0.4, 0.5) is 0 Å². The zero-order valence-electron chi connectivity index (χ0n) is 11.3. The van der Waals surface area contributed by atoms with Crippen LogP contribution in [0, 0.1) is 0 Å². The molecular formula is C14H18N2O2S2. The van der Waals surface area contributed by atoms with E-state index in [1.807, 2.05) is 49.4 Å². The Morgan fingerprint density at radius 3 is 2.50 bits per heavy atom. The van der Waals surface area contributed by atoms with Gasteiger partial charge in [0, 0.05) is 22.8 Å². The molecular weight excluding hydrogens is 292 g/mol. The van der Waals surface area contributed by atoms with E-state index in [9.17, 15) is 8.42 Å². The van der Waals surface area contributed by atoms with Gasteiger partial charge in [-0.2, -0.15) is 13.1 Å². The highest BCUT2D eigenvalue weighted by Crippen LogP contribution is 2.27. The van der Waals surface area contributed by atoms with Crippen LogP contribution < -0.4 is 9.44 Å². The first-order valence-electron chi connectivity index (χ1n) is 6.49. The molecule has 6 heteroatoms. The van der Waals surface area contributed by atoms with Gasteiger partial charge in [0.15, 0.2) is 0 Å². The molecule has 1 aromatic heterocycles. The normalized spacial score (nSPS) is 11.7. The Kier molecular flexibility index (Phi) is 5.31. The van der Waals surface area contributed by atoms with Crippen molar-refractivity contribution in [3.05, 3.63) is 47.3 Å². The van der Waals surface area contributed by atoms with E-state index in [0.29, 0.717) is 13.1 Å². The molecule has 20 heavy (non-hydrogen) atoms. The standard InChI is InChI=1S/C14H18N2O2S2/c1-2-10-15-20(17,18)16-11-13-8-9-14(19-13)12-6-4-3-5-7-12/h3-9,15-16H,2,10-11H2,1H3. The number of rotatable bonds is 7. The molecule has 2 N–H and O–H groups in total. The molecule has 1 heterocycles. The lowest BCUT2D eigenvalue weighted by atomic mass is 10.2. The first kappa shape index (κ1) is 15.2. The van der Waals surface area contributed by atoms with Crippen molar-refractivity contribution in [3.8, 4) is 10.4 Å². The van der Waals surface area contributed by atoms with E-state index in [1.165, 1.54) is 0 Å². The minimum Gasteiger partial charge on any atom is -0.202 e. The van der Waals surface area contributed by atoms with Gasteiger partial charge in [-0.05, 0) is 24.1 Å². The van der Waals surface area contributed by atoms with Crippen LogP contribution >= 0.6 is 11.3 Å². The van der Waals surface area contributed by atoms with Crippen molar-refractivity contribution in [1.29, 1.82) is 0 Å². The number of benzene rings is 1. The fourth-order valence-electron chi connectivity index (χ4n) is 1.68. The van der Waals surface area contributed by atoms with Crippen LogP contribution in [-0.2, 0) is 16.8 Å². The Balaban J connectivity index is 1.97. The maximum absolute atomic E-state index is 11.6. The van der Waals surface area contributed by atoms with E-state index in [1.54, 1.807) is 11.3 Å². The topological polar surface area (TPSA) is 58.2 Å². The van der Waals surface area contributed by atoms with Crippen molar-refractivity contribution in [2.24, 2.45) is 0 Å². The fourth-order valence-corrected chi connectivity index (χ4v) is 3.65. The van der Waals surface area contributed by atoms with Crippen molar-refractivity contribution < 1.29 is 8.42 Å². The molecule has 0 aliphatic rings. The molecule has 0 unspecified atom stereocenters. The van der Waals surface area contributed by atoms with E-state index in [2.05, 4.69) is 9.44 Å². The summed E-state index contributed by atoms with van der Waals surface area (Å²) in [6.45, 7) is 2.69. The van der Waals surface area contributed by atoms with Gasteiger partial charge in [-0.25, -0.2) is 4.72 Å². The highest BCUT2D eigenvalue weighted by atomic mass is 32.2. The Morgan fingerprint density at radius 1 is 1.05 bits per heavy atom. The van der Waals surface area contributed by atoms with Crippen LogP contribution in [0.15, 0.2) is 42.5 Å². The summed E-state index contributed by atoms with van der Waals surface area (Å²) >= 11 is 1.60. The van der Waals surface area contributed by atoms with E-state index in [-0.39, 0.29) is 0 Å². The minimum atomic E-state index is -3.39. The van der Waals surface area contributed by atoms with Gasteiger partial charge in [0.1, 0.15) is 0 Å². The van der Waals surface area contributed by atoms with Gasteiger partial charge in [0.05, 0.1) is 0 Å². The van der Waals surface area contributed by atoms with E-state index >= 15 is 0 Å². The van der Waals surface area contributed by atoms with Crippen molar-refractivity contribution in [2.75, 3.05) is 6.54 Å². The van der Waals surface area contributed by atoms with E-state index < -0.39 is 10.2 Å². The molecule has 1 aromatic carbocycles. The Labute approximate surface area is 124 Å². The van der Waals surface area contributed by atoms with Crippen LogP contribution in [0.1, 0.15) is 18.2 Å². The lowest BCUT2D eigenvalue weighted by Gasteiger charge is -2.05. The predicted octanol–water partition coefficient (Wildman–Crippen LogP) is 2.75. The van der Waals surface area contributed by atoms with Gasteiger partial charge in [-0.3, -0.25) is 0 Å². The molecule has 0 spiro atoms. The largest absolute Gasteiger partial charge is 0.277 e. The fraction of sp³-hybridized carbons (Fsp3) is 0.286. The van der Waals surface area contributed by atoms with E-state index in [4.69, 9.17) is 0 Å². The maximum Gasteiger partial charge on any atom is 0.277 e. The predicted molar refractivity (Wildman–Crippen MR) is 83.8 cm³/mol. The quantitative estimate of drug-likeness (QED) is 0.826. The van der Waals surface area contributed by atoms with Crippen molar-refractivity contribution >= 4 is 21.5 Å². The second-order valence-electron chi connectivity index (χ2n) is 4.35. The minimum absolute atomic E-state index is 0.316. The summed E-state index contributed by atoms with van der Waals surface area (Å²) in [7, 11) is -3.39. The zero-order chi connectivity index (χ0) is 14.4. The van der Waals surface area contributed by atoms with Crippen molar-refractivity contribution in [2.45, 2.75) is 19.9 Å². The number of hydrogen-bond acceptors (Lipinski definition) is 3.